The summed E-state index contributed by atoms with van der Waals surface area (Å²) in [7, 11) is 0. The van der Waals surface area contributed by atoms with E-state index in [9.17, 15) is 22.8 Å². The topological polar surface area (TPSA) is 43.4 Å². The Labute approximate surface area is 162 Å². The number of ether oxygens (including phenoxy) is 1. The average molecular weight is 394 g/mol. The summed E-state index contributed by atoms with van der Waals surface area (Å²) in [5.74, 6) is 1.66. The average Bonchev–Trinajstić information content (AvgIpc) is 2.94. The van der Waals surface area contributed by atoms with Crippen LogP contribution in [-0.2, 0) is 20.7 Å². The van der Waals surface area contributed by atoms with E-state index in [2.05, 4.69) is 6.92 Å². The maximum Gasteiger partial charge on any atom is 0.392 e. The highest BCUT2D eigenvalue weighted by Gasteiger charge is 2.54. The number of carbonyl (C=O) groups is 2. The van der Waals surface area contributed by atoms with Gasteiger partial charge in [0.05, 0.1) is 6.42 Å². The van der Waals surface area contributed by atoms with E-state index < -0.39 is 18.7 Å². The Bertz CT molecular complexity index is 788. The standard InChI is InChI=1S/C22H25F3O3/c1-21-9-8-16-15-4-3-14(19(28-12-26)11-22(23,24)25)10-13(15)2-5-17(16)18(21)6-7-20(21)27/h3-4,10,12,16-19H,2,5-9,11H2,1H3/t16-,17-,18?,19?,21+/m1/s1. The second-order valence-electron chi connectivity index (χ2n) is 8.83. The van der Waals surface area contributed by atoms with Crippen molar-refractivity contribution in [1.82, 2.24) is 0 Å². The maximum absolute atomic E-state index is 12.8. The summed E-state index contributed by atoms with van der Waals surface area (Å²) in [4.78, 5) is 23.1. The first kappa shape index (κ1) is 19.5. The van der Waals surface area contributed by atoms with E-state index in [1.165, 1.54) is 5.56 Å². The molecule has 3 aliphatic carbocycles. The molecule has 4 rings (SSSR count). The van der Waals surface area contributed by atoms with Crippen LogP contribution in [0.3, 0.4) is 0 Å². The zero-order chi connectivity index (χ0) is 20.1. The van der Waals surface area contributed by atoms with E-state index in [-0.39, 0.29) is 11.9 Å². The molecule has 3 nitrogen and oxygen atoms in total. The summed E-state index contributed by atoms with van der Waals surface area (Å²) in [6, 6.07) is 5.40. The lowest BCUT2D eigenvalue weighted by atomic mass is 9.55. The molecular formula is C22H25F3O3. The van der Waals surface area contributed by atoms with Gasteiger partial charge in [0.1, 0.15) is 11.9 Å². The number of hydrogen-bond acceptors (Lipinski definition) is 3. The summed E-state index contributed by atoms with van der Waals surface area (Å²) >= 11 is 0. The van der Waals surface area contributed by atoms with Crippen molar-refractivity contribution in [1.29, 1.82) is 0 Å². The molecule has 6 heteroatoms. The number of carbonyl (C=O) groups excluding carboxylic acids is 2. The minimum atomic E-state index is -4.41. The highest BCUT2D eigenvalue weighted by molar-refractivity contribution is 5.87. The Morgan fingerprint density at radius 1 is 1.25 bits per heavy atom. The predicted octanol–water partition coefficient (Wildman–Crippen LogP) is 5.28. The third kappa shape index (κ3) is 3.25. The summed E-state index contributed by atoms with van der Waals surface area (Å²) in [5.41, 5.74) is 2.48. The summed E-state index contributed by atoms with van der Waals surface area (Å²) in [5, 5.41) is 0. The van der Waals surface area contributed by atoms with Gasteiger partial charge in [0, 0.05) is 11.8 Å². The number of Topliss-reactive ketones (excluding diaryl/α,β-unsaturated/α-hetero) is 1. The normalized spacial score (nSPS) is 32.9. The molecule has 3 aliphatic rings. The third-order valence-corrected chi connectivity index (χ3v) is 7.47. The van der Waals surface area contributed by atoms with Crippen LogP contribution in [0.2, 0.25) is 0 Å². The Morgan fingerprint density at radius 3 is 2.75 bits per heavy atom. The number of aryl methyl sites for hydroxylation is 1. The van der Waals surface area contributed by atoms with E-state index in [0.717, 1.165) is 37.7 Å². The number of rotatable bonds is 4. The molecule has 2 fully saturated rings. The first-order valence-electron chi connectivity index (χ1n) is 10.0. The highest BCUT2D eigenvalue weighted by Crippen LogP contribution is 2.59. The van der Waals surface area contributed by atoms with Crippen LogP contribution >= 0.6 is 0 Å². The molecule has 0 saturated heterocycles. The van der Waals surface area contributed by atoms with Gasteiger partial charge in [0.2, 0.25) is 0 Å². The van der Waals surface area contributed by atoms with Gasteiger partial charge in [-0.15, -0.1) is 0 Å². The lowest BCUT2D eigenvalue weighted by molar-refractivity contribution is -0.165. The molecule has 5 atom stereocenters. The van der Waals surface area contributed by atoms with Crippen LogP contribution in [0.15, 0.2) is 18.2 Å². The number of ketones is 1. The van der Waals surface area contributed by atoms with Crippen LogP contribution in [0.5, 0.6) is 0 Å². The van der Waals surface area contributed by atoms with E-state index in [1.54, 1.807) is 12.1 Å². The Balaban J connectivity index is 1.61. The fraction of sp³-hybridized carbons (Fsp3) is 0.636. The van der Waals surface area contributed by atoms with Gasteiger partial charge in [-0.3, -0.25) is 9.59 Å². The first-order chi connectivity index (χ1) is 13.2. The second-order valence-corrected chi connectivity index (χ2v) is 8.83. The maximum atomic E-state index is 12.8. The van der Waals surface area contributed by atoms with E-state index in [4.69, 9.17) is 4.74 Å². The van der Waals surface area contributed by atoms with Crippen LogP contribution in [-0.4, -0.2) is 18.4 Å². The molecule has 0 aromatic heterocycles. The van der Waals surface area contributed by atoms with Crippen LogP contribution < -0.4 is 0 Å². The fourth-order valence-corrected chi connectivity index (χ4v) is 6.10. The molecule has 2 unspecified atom stereocenters. The van der Waals surface area contributed by atoms with Crippen LogP contribution in [0.4, 0.5) is 13.2 Å². The van der Waals surface area contributed by atoms with Crippen molar-refractivity contribution in [3.8, 4) is 0 Å². The summed E-state index contributed by atoms with van der Waals surface area (Å²) in [6.45, 7) is 2.21. The van der Waals surface area contributed by atoms with Gasteiger partial charge in [-0.05, 0) is 66.5 Å². The van der Waals surface area contributed by atoms with Gasteiger partial charge in [-0.25, -0.2) is 0 Å². The second kappa shape index (κ2) is 6.89. The fourth-order valence-electron chi connectivity index (χ4n) is 6.10. The molecule has 0 spiro atoms. The van der Waals surface area contributed by atoms with E-state index >= 15 is 0 Å². The number of halogens is 3. The van der Waals surface area contributed by atoms with Gasteiger partial charge in [0.15, 0.2) is 0 Å². The Kier molecular flexibility index (Phi) is 4.79. The van der Waals surface area contributed by atoms with Gasteiger partial charge >= 0.3 is 6.18 Å². The largest absolute Gasteiger partial charge is 0.459 e. The monoisotopic (exact) mass is 394 g/mol. The molecule has 1 aromatic rings. The van der Waals surface area contributed by atoms with Crippen LogP contribution in [0.1, 0.15) is 74.2 Å². The summed E-state index contributed by atoms with van der Waals surface area (Å²) in [6.07, 6.45) is -1.64. The Hall–Kier alpha value is -1.85. The first-order valence-corrected chi connectivity index (χ1v) is 10.0. The van der Waals surface area contributed by atoms with Crippen LogP contribution in [0.25, 0.3) is 0 Å². The third-order valence-electron chi connectivity index (χ3n) is 7.47. The predicted molar refractivity (Wildman–Crippen MR) is 96.6 cm³/mol. The molecule has 0 radical (unpaired) electrons. The molecule has 152 valence electrons. The van der Waals surface area contributed by atoms with Crippen molar-refractivity contribution in [2.45, 2.75) is 70.1 Å². The highest BCUT2D eigenvalue weighted by atomic mass is 19.4. The quantitative estimate of drug-likeness (QED) is 0.653. The lowest BCUT2D eigenvalue weighted by Gasteiger charge is -2.48. The number of alkyl halides is 3. The molecule has 0 aliphatic heterocycles. The van der Waals surface area contributed by atoms with Gasteiger partial charge in [-0.2, -0.15) is 13.2 Å². The molecule has 1 aromatic carbocycles. The lowest BCUT2D eigenvalue weighted by Crippen LogP contribution is -2.42. The van der Waals surface area contributed by atoms with Crippen molar-refractivity contribution >= 4 is 12.3 Å². The molecule has 0 heterocycles. The molecule has 0 N–H and O–H groups in total. The van der Waals surface area contributed by atoms with Crippen molar-refractivity contribution in [2.24, 2.45) is 17.3 Å². The Morgan fingerprint density at radius 2 is 2.04 bits per heavy atom. The van der Waals surface area contributed by atoms with Crippen LogP contribution in [0, 0.1) is 17.3 Å². The van der Waals surface area contributed by atoms with E-state index in [0.29, 0.717) is 35.5 Å². The summed E-state index contributed by atoms with van der Waals surface area (Å²) < 4.78 is 43.3. The molecule has 0 bridgehead atoms. The smallest absolute Gasteiger partial charge is 0.392 e. The van der Waals surface area contributed by atoms with Gasteiger partial charge in [0.25, 0.3) is 6.47 Å². The van der Waals surface area contributed by atoms with Crippen molar-refractivity contribution < 1.29 is 27.5 Å². The number of benzene rings is 1. The van der Waals surface area contributed by atoms with Crippen molar-refractivity contribution in [3.05, 3.63) is 34.9 Å². The van der Waals surface area contributed by atoms with Crippen molar-refractivity contribution in [3.63, 3.8) is 0 Å². The molecular weight excluding hydrogens is 369 g/mol. The zero-order valence-electron chi connectivity index (χ0n) is 15.9. The number of hydrogen-bond donors (Lipinski definition) is 0. The SMILES string of the molecule is C[C@]12CC[C@@H]3c4ccc(C(CC(F)(F)F)OC=O)cc4CC[C@H]3C1CCC2=O. The molecule has 2 saturated carbocycles. The minimum absolute atomic E-state index is 0.0883. The van der Waals surface area contributed by atoms with Crippen molar-refractivity contribution in [2.75, 3.05) is 0 Å². The molecule has 0 amide bonds. The number of fused-ring (bicyclic) bond motifs is 5. The van der Waals surface area contributed by atoms with Gasteiger partial charge < -0.3 is 4.74 Å². The molecule has 28 heavy (non-hydrogen) atoms. The zero-order valence-corrected chi connectivity index (χ0v) is 15.9. The van der Waals surface area contributed by atoms with Gasteiger partial charge in [-0.1, -0.05) is 25.1 Å². The minimum Gasteiger partial charge on any atom is -0.459 e. The van der Waals surface area contributed by atoms with E-state index in [1.807, 2.05) is 6.07 Å².